The van der Waals surface area contributed by atoms with Crippen molar-refractivity contribution in [1.29, 1.82) is 0 Å². The van der Waals surface area contributed by atoms with E-state index in [4.69, 9.17) is 10.8 Å². The molecule has 0 saturated carbocycles. The Morgan fingerprint density at radius 3 is 2.69 bits per heavy atom. The molecule has 5 rings (SSSR count). The number of nitrogens with zero attached hydrogens (tertiary/aromatic N) is 4. The number of aliphatic carboxylic acids is 1. The molecule has 4 heterocycles. The van der Waals surface area contributed by atoms with E-state index in [9.17, 15) is 14.4 Å². The minimum absolute atomic E-state index is 0.184. The molecule has 1 aliphatic rings. The number of benzene rings is 1. The molecule has 0 bridgehead atoms. The molecule has 4 aromatic rings. The molecule has 1 aliphatic heterocycles. The quantitative estimate of drug-likeness (QED) is 0.216. The van der Waals surface area contributed by atoms with Crippen molar-refractivity contribution >= 4 is 46.0 Å². The molecule has 12 nitrogen and oxygen atoms in total. The maximum absolute atomic E-state index is 12.8. The van der Waals surface area contributed by atoms with Crippen molar-refractivity contribution in [2.24, 2.45) is 5.73 Å². The first-order valence-electron chi connectivity index (χ1n) is 12.2. The number of hydrogen-bond donors (Lipinski definition) is 5. The van der Waals surface area contributed by atoms with Gasteiger partial charge in [0.1, 0.15) is 12.4 Å². The minimum atomic E-state index is -1.03. The summed E-state index contributed by atoms with van der Waals surface area (Å²) >= 11 is 0. The number of carbonyl (C=O) groups is 3. The van der Waals surface area contributed by atoms with Gasteiger partial charge in [0.2, 0.25) is 5.91 Å². The molecule has 0 aliphatic carbocycles. The zero-order chi connectivity index (χ0) is 27.5. The summed E-state index contributed by atoms with van der Waals surface area (Å²) < 4.78 is 1.46. The monoisotopic (exact) mass is 526 g/mol. The van der Waals surface area contributed by atoms with Gasteiger partial charge in [0, 0.05) is 28.5 Å². The second kappa shape index (κ2) is 10.7. The van der Waals surface area contributed by atoms with Crippen LogP contribution in [-0.2, 0) is 16.1 Å². The fraction of sp³-hybridized carbons (Fsp3) is 0.185. The fourth-order valence-electron chi connectivity index (χ4n) is 4.45. The van der Waals surface area contributed by atoms with Gasteiger partial charge in [-0.05, 0) is 55.8 Å². The predicted octanol–water partition coefficient (Wildman–Crippen LogP) is 2.66. The number of carboxylic acid groups (broad SMARTS) is 1. The van der Waals surface area contributed by atoms with E-state index in [2.05, 4.69) is 31.1 Å². The molecule has 1 aromatic carbocycles. The largest absolute Gasteiger partial charge is 0.480 e. The highest BCUT2D eigenvalue weighted by molar-refractivity contribution is 6.07. The van der Waals surface area contributed by atoms with Gasteiger partial charge in [0.05, 0.1) is 23.3 Å². The van der Waals surface area contributed by atoms with Crippen molar-refractivity contribution in [2.75, 3.05) is 10.6 Å². The van der Waals surface area contributed by atoms with Gasteiger partial charge < -0.3 is 26.0 Å². The number of anilines is 3. The predicted molar refractivity (Wildman–Crippen MR) is 144 cm³/mol. The van der Waals surface area contributed by atoms with Crippen LogP contribution in [0.2, 0.25) is 0 Å². The highest BCUT2D eigenvalue weighted by Gasteiger charge is 2.25. The van der Waals surface area contributed by atoms with Crippen LogP contribution >= 0.6 is 0 Å². The first-order chi connectivity index (χ1) is 18.8. The molecular weight excluding hydrogens is 500 g/mol. The van der Waals surface area contributed by atoms with Gasteiger partial charge in [-0.3, -0.25) is 19.7 Å². The zero-order valence-electron chi connectivity index (χ0n) is 21.0. The summed E-state index contributed by atoms with van der Waals surface area (Å²) in [6.45, 7) is 1.57. The van der Waals surface area contributed by atoms with Crippen LogP contribution in [0.4, 0.5) is 17.3 Å². The summed E-state index contributed by atoms with van der Waals surface area (Å²) in [5.41, 5.74) is 8.38. The van der Waals surface area contributed by atoms with Gasteiger partial charge in [0.25, 0.3) is 5.91 Å². The number of aryl methyl sites for hydroxylation is 1. The molecule has 39 heavy (non-hydrogen) atoms. The Kier molecular flexibility index (Phi) is 7.02. The van der Waals surface area contributed by atoms with E-state index in [1.165, 1.54) is 10.8 Å². The molecule has 0 fully saturated rings. The normalized spacial score (nSPS) is 16.6. The van der Waals surface area contributed by atoms with Gasteiger partial charge in [0.15, 0.2) is 5.82 Å². The average molecular weight is 527 g/mol. The van der Waals surface area contributed by atoms with Crippen LogP contribution in [0.5, 0.6) is 0 Å². The van der Waals surface area contributed by atoms with Crippen molar-refractivity contribution < 1.29 is 19.5 Å². The lowest BCUT2D eigenvalue weighted by molar-refractivity contribution is -0.137. The lowest BCUT2D eigenvalue weighted by Crippen LogP contribution is -2.43. The molecule has 2 atom stereocenters. The molecule has 0 saturated heterocycles. The van der Waals surface area contributed by atoms with Gasteiger partial charge in [-0.2, -0.15) is 5.10 Å². The molecule has 12 heteroatoms. The number of nitrogens with two attached hydrogens (primary N) is 1. The summed E-state index contributed by atoms with van der Waals surface area (Å²) in [4.78, 5) is 40.2. The van der Waals surface area contributed by atoms with Crippen molar-refractivity contribution in [1.82, 2.24) is 25.1 Å². The van der Waals surface area contributed by atoms with Crippen LogP contribution in [0.3, 0.4) is 0 Å². The maximum atomic E-state index is 12.8. The Morgan fingerprint density at radius 2 is 1.97 bits per heavy atom. The van der Waals surface area contributed by atoms with Crippen LogP contribution in [0.1, 0.15) is 34.2 Å². The number of hydrogen-bond acceptors (Lipinski definition) is 8. The molecule has 0 radical (unpaired) electrons. The summed E-state index contributed by atoms with van der Waals surface area (Å²) in [6.07, 6.45) is 5.85. The second-order valence-electron chi connectivity index (χ2n) is 9.14. The third-order valence-corrected chi connectivity index (χ3v) is 6.27. The standard InChI is InChI=1S/C27H26N8O4/c1-15-4-2-7-23(29-15)32-27(39)21-6-3-5-19(31-21)20-9-11-24(34-33-20)30-16-8-10-22-17(12-16)18(26(28)38)13-35(22)14-25(36)37/h2-5,7-13,19,21,31H,6,14H2,1H3,(H2,28,38)(H,30,34)(H,36,37)(H,29,32,39)/t19?,21-/m0/s1. The molecular formula is C27H26N8O4. The lowest BCUT2D eigenvalue weighted by atomic mass is 10.0. The van der Waals surface area contributed by atoms with E-state index in [1.807, 2.05) is 31.2 Å². The Morgan fingerprint density at radius 1 is 1.13 bits per heavy atom. The Hall–Kier alpha value is -5.10. The molecule has 3 aromatic heterocycles. The van der Waals surface area contributed by atoms with Gasteiger partial charge in [-0.1, -0.05) is 18.2 Å². The maximum Gasteiger partial charge on any atom is 0.323 e. The van der Waals surface area contributed by atoms with E-state index in [-0.39, 0.29) is 24.1 Å². The van der Waals surface area contributed by atoms with Crippen LogP contribution in [0.25, 0.3) is 10.9 Å². The number of aromatic nitrogens is 4. The smallest absolute Gasteiger partial charge is 0.323 e. The fourth-order valence-corrected chi connectivity index (χ4v) is 4.45. The Labute approximate surface area is 222 Å². The minimum Gasteiger partial charge on any atom is -0.480 e. The summed E-state index contributed by atoms with van der Waals surface area (Å²) in [5, 5.41) is 27.5. The van der Waals surface area contributed by atoms with E-state index in [0.717, 1.165) is 5.69 Å². The van der Waals surface area contributed by atoms with Crippen LogP contribution in [-0.4, -0.2) is 48.7 Å². The molecule has 2 amide bonds. The van der Waals surface area contributed by atoms with E-state index in [0.29, 0.717) is 40.3 Å². The Bertz CT molecular complexity index is 1600. The third-order valence-electron chi connectivity index (χ3n) is 6.27. The zero-order valence-corrected chi connectivity index (χ0v) is 21.0. The highest BCUT2D eigenvalue weighted by Crippen LogP contribution is 2.27. The van der Waals surface area contributed by atoms with E-state index >= 15 is 0 Å². The first-order valence-corrected chi connectivity index (χ1v) is 12.2. The summed E-state index contributed by atoms with van der Waals surface area (Å²) in [7, 11) is 0. The molecule has 198 valence electrons. The van der Waals surface area contributed by atoms with E-state index in [1.54, 1.807) is 36.4 Å². The molecule has 1 unspecified atom stereocenters. The van der Waals surface area contributed by atoms with Gasteiger partial charge in [-0.25, -0.2) is 4.98 Å². The number of nitrogens with one attached hydrogen (secondary N) is 3. The van der Waals surface area contributed by atoms with Gasteiger partial charge >= 0.3 is 5.97 Å². The first kappa shape index (κ1) is 25.5. The Balaban J connectivity index is 1.28. The highest BCUT2D eigenvalue weighted by atomic mass is 16.4. The topological polar surface area (TPSA) is 177 Å². The number of primary amides is 1. The average Bonchev–Trinajstić information content (AvgIpc) is 3.26. The SMILES string of the molecule is Cc1cccc(NC(=O)[C@@H]2CC=CC(c3ccc(Nc4ccc5c(c4)c(C(N)=O)cn5CC(=O)O)nn3)N2)n1. The third kappa shape index (κ3) is 5.75. The van der Waals surface area contributed by atoms with Crippen LogP contribution in [0, 0.1) is 6.92 Å². The van der Waals surface area contributed by atoms with Crippen molar-refractivity contribution in [2.45, 2.75) is 32.0 Å². The van der Waals surface area contributed by atoms with E-state index < -0.39 is 17.9 Å². The number of fused-ring (bicyclic) bond motifs is 1. The summed E-state index contributed by atoms with van der Waals surface area (Å²) in [5.74, 6) is -0.902. The lowest BCUT2D eigenvalue weighted by Gasteiger charge is -2.25. The number of carbonyl (C=O) groups excluding carboxylic acids is 2. The summed E-state index contributed by atoms with van der Waals surface area (Å²) in [6, 6.07) is 13.4. The molecule has 6 N–H and O–H groups in total. The van der Waals surface area contributed by atoms with Crippen LogP contribution in [0.15, 0.2) is 66.9 Å². The van der Waals surface area contributed by atoms with Crippen molar-refractivity contribution in [3.05, 3.63) is 83.8 Å². The number of amides is 2. The molecule has 0 spiro atoms. The van der Waals surface area contributed by atoms with Crippen LogP contribution < -0.4 is 21.7 Å². The number of carboxylic acids is 1. The van der Waals surface area contributed by atoms with Crippen molar-refractivity contribution in [3.8, 4) is 0 Å². The van der Waals surface area contributed by atoms with Gasteiger partial charge in [-0.15, -0.1) is 5.10 Å². The second-order valence-corrected chi connectivity index (χ2v) is 9.14. The number of pyridine rings is 1. The number of rotatable bonds is 8. The van der Waals surface area contributed by atoms with Crippen molar-refractivity contribution in [3.63, 3.8) is 0 Å².